The van der Waals surface area contributed by atoms with Crippen molar-refractivity contribution in [2.45, 2.75) is 32.9 Å². The summed E-state index contributed by atoms with van der Waals surface area (Å²) in [6.07, 6.45) is 0. The van der Waals surface area contributed by atoms with Gasteiger partial charge in [-0.3, -0.25) is 4.98 Å². The fourth-order valence-corrected chi connectivity index (χ4v) is 2.43. The van der Waals surface area contributed by atoms with E-state index in [1.54, 1.807) is 19.9 Å². The summed E-state index contributed by atoms with van der Waals surface area (Å²) in [6.45, 7) is 6.61. The summed E-state index contributed by atoms with van der Waals surface area (Å²) in [4.78, 5) is 4.14. The first kappa shape index (κ1) is 12.1. The van der Waals surface area contributed by atoms with Gasteiger partial charge in [0.2, 0.25) is 0 Å². The average Bonchev–Trinajstić information content (AvgIpc) is 1.99. The number of hydrogen-bond acceptors (Lipinski definition) is 3. The third kappa shape index (κ3) is 2.53. The fraction of sp³-hybridized carbons (Fsp3) is 0.500. The van der Waals surface area contributed by atoms with Crippen LogP contribution in [0.4, 0.5) is 3.89 Å². The number of aryl methyl sites for hydroxylation is 3. The van der Waals surface area contributed by atoms with Crippen molar-refractivity contribution in [3.05, 3.63) is 28.6 Å². The first-order chi connectivity index (χ1) is 6.73. The van der Waals surface area contributed by atoms with Crippen LogP contribution in [0.3, 0.4) is 0 Å². The zero-order valence-electron chi connectivity index (χ0n) is 9.20. The molecule has 0 bridgehead atoms. The Hall–Kier alpha value is -0.970. The molecule has 0 fully saturated rings. The van der Waals surface area contributed by atoms with Crippen molar-refractivity contribution in [3.8, 4) is 0 Å². The monoisotopic (exact) mass is 231 g/mol. The van der Waals surface area contributed by atoms with Crippen molar-refractivity contribution in [1.29, 1.82) is 0 Å². The predicted molar refractivity (Wildman–Crippen MR) is 56.9 cm³/mol. The Morgan fingerprint density at radius 2 is 1.87 bits per heavy atom. The molecule has 0 aromatic carbocycles. The SMILES string of the molecule is Cc1cc(C)c(C(C)S(=O)(=O)F)c(C)n1. The molecule has 0 spiro atoms. The Bertz CT molecular complexity index is 459. The summed E-state index contributed by atoms with van der Waals surface area (Å²) in [6, 6.07) is 1.75. The highest BCUT2D eigenvalue weighted by Gasteiger charge is 2.25. The van der Waals surface area contributed by atoms with E-state index in [0.29, 0.717) is 11.3 Å². The topological polar surface area (TPSA) is 47.0 Å². The summed E-state index contributed by atoms with van der Waals surface area (Å²) in [7, 11) is -4.55. The largest absolute Gasteiger partial charge is 0.309 e. The molecule has 5 heteroatoms. The molecule has 1 rings (SSSR count). The lowest BCUT2D eigenvalue weighted by atomic mass is 10.0. The van der Waals surface area contributed by atoms with E-state index >= 15 is 0 Å². The Kier molecular flexibility index (Phi) is 3.13. The van der Waals surface area contributed by atoms with Crippen LogP contribution in [0, 0.1) is 20.8 Å². The molecule has 1 atom stereocenters. The standard InChI is InChI=1S/C10H14FNO2S/c1-6-5-7(2)12-8(3)10(6)9(4)15(11,13)14/h5,9H,1-4H3. The molecule has 1 heterocycles. The number of pyridine rings is 1. The summed E-state index contributed by atoms with van der Waals surface area (Å²) in [5.74, 6) is 0. The van der Waals surface area contributed by atoms with Gasteiger partial charge in [-0.25, -0.2) is 0 Å². The second-order valence-electron chi connectivity index (χ2n) is 3.70. The van der Waals surface area contributed by atoms with Crippen LogP contribution in [0.15, 0.2) is 6.07 Å². The van der Waals surface area contributed by atoms with Gasteiger partial charge in [-0.05, 0) is 44.9 Å². The van der Waals surface area contributed by atoms with Gasteiger partial charge in [0, 0.05) is 11.4 Å². The van der Waals surface area contributed by atoms with E-state index in [2.05, 4.69) is 4.98 Å². The maximum atomic E-state index is 12.9. The zero-order chi connectivity index (χ0) is 11.8. The van der Waals surface area contributed by atoms with Gasteiger partial charge in [0.15, 0.2) is 0 Å². The van der Waals surface area contributed by atoms with Gasteiger partial charge in [-0.15, -0.1) is 3.89 Å². The molecule has 0 amide bonds. The number of rotatable bonds is 2. The number of halogens is 1. The maximum absolute atomic E-state index is 12.9. The number of nitrogens with zero attached hydrogens (tertiary/aromatic N) is 1. The Morgan fingerprint density at radius 1 is 1.33 bits per heavy atom. The first-order valence-corrected chi connectivity index (χ1v) is 6.06. The molecular formula is C10H14FNO2S. The fourth-order valence-electron chi connectivity index (χ4n) is 1.79. The van der Waals surface area contributed by atoms with E-state index in [1.807, 2.05) is 6.92 Å². The van der Waals surface area contributed by atoms with Crippen LogP contribution in [0.25, 0.3) is 0 Å². The van der Waals surface area contributed by atoms with Crippen LogP contribution in [0.1, 0.15) is 34.7 Å². The maximum Gasteiger partial charge on any atom is 0.309 e. The summed E-state index contributed by atoms with van der Waals surface area (Å²) in [5.41, 5.74) is 2.59. The van der Waals surface area contributed by atoms with Crippen molar-refractivity contribution in [1.82, 2.24) is 4.98 Å². The van der Waals surface area contributed by atoms with Gasteiger partial charge in [0.1, 0.15) is 5.25 Å². The van der Waals surface area contributed by atoms with Gasteiger partial charge in [0.05, 0.1) is 0 Å². The average molecular weight is 231 g/mol. The highest BCUT2D eigenvalue weighted by Crippen LogP contribution is 2.28. The van der Waals surface area contributed by atoms with Crippen LogP contribution in [-0.2, 0) is 10.2 Å². The normalized spacial score (nSPS) is 13.9. The molecule has 84 valence electrons. The van der Waals surface area contributed by atoms with Gasteiger partial charge < -0.3 is 0 Å². The molecule has 3 nitrogen and oxygen atoms in total. The van der Waals surface area contributed by atoms with Crippen LogP contribution in [0.5, 0.6) is 0 Å². The summed E-state index contributed by atoms with van der Waals surface area (Å²) < 4.78 is 34.5. The molecule has 1 aromatic heterocycles. The van der Waals surface area contributed by atoms with E-state index in [9.17, 15) is 12.3 Å². The van der Waals surface area contributed by atoms with Gasteiger partial charge in [0.25, 0.3) is 0 Å². The Morgan fingerprint density at radius 3 is 2.27 bits per heavy atom. The highest BCUT2D eigenvalue weighted by molar-refractivity contribution is 7.86. The smallest absolute Gasteiger partial charge is 0.258 e. The molecular weight excluding hydrogens is 217 g/mol. The van der Waals surface area contributed by atoms with E-state index in [4.69, 9.17) is 0 Å². The highest BCUT2D eigenvalue weighted by atomic mass is 32.3. The molecule has 0 aliphatic heterocycles. The van der Waals surface area contributed by atoms with Gasteiger partial charge >= 0.3 is 10.2 Å². The first-order valence-electron chi connectivity index (χ1n) is 4.61. The molecule has 0 aliphatic rings. The summed E-state index contributed by atoms with van der Waals surface area (Å²) in [5, 5.41) is -1.15. The third-order valence-corrected chi connectivity index (χ3v) is 3.49. The van der Waals surface area contributed by atoms with Crippen LogP contribution >= 0.6 is 0 Å². The molecule has 15 heavy (non-hydrogen) atoms. The second-order valence-corrected chi connectivity index (χ2v) is 5.36. The van der Waals surface area contributed by atoms with Crippen molar-refractivity contribution in [2.24, 2.45) is 0 Å². The predicted octanol–water partition coefficient (Wildman–Crippen LogP) is 2.37. The lowest BCUT2D eigenvalue weighted by Crippen LogP contribution is -2.09. The minimum Gasteiger partial charge on any atom is -0.258 e. The zero-order valence-corrected chi connectivity index (χ0v) is 10.0. The van der Waals surface area contributed by atoms with Crippen molar-refractivity contribution < 1.29 is 12.3 Å². The number of aromatic nitrogens is 1. The van der Waals surface area contributed by atoms with E-state index in [-0.39, 0.29) is 0 Å². The van der Waals surface area contributed by atoms with E-state index in [0.717, 1.165) is 11.3 Å². The molecule has 0 saturated heterocycles. The van der Waals surface area contributed by atoms with Gasteiger partial charge in [-0.2, -0.15) is 8.42 Å². The van der Waals surface area contributed by atoms with Crippen LogP contribution < -0.4 is 0 Å². The van der Waals surface area contributed by atoms with Crippen LogP contribution in [0.2, 0.25) is 0 Å². The number of hydrogen-bond donors (Lipinski definition) is 0. The van der Waals surface area contributed by atoms with Crippen molar-refractivity contribution in [2.75, 3.05) is 0 Å². The van der Waals surface area contributed by atoms with E-state index in [1.165, 1.54) is 6.92 Å². The molecule has 1 unspecified atom stereocenters. The summed E-state index contributed by atoms with van der Waals surface area (Å²) >= 11 is 0. The molecule has 0 aliphatic carbocycles. The minimum atomic E-state index is -4.55. The van der Waals surface area contributed by atoms with Gasteiger partial charge in [-0.1, -0.05) is 0 Å². The lowest BCUT2D eigenvalue weighted by Gasteiger charge is -2.14. The van der Waals surface area contributed by atoms with E-state index < -0.39 is 15.5 Å². The molecule has 1 aromatic rings. The lowest BCUT2D eigenvalue weighted by molar-refractivity contribution is 0.539. The van der Waals surface area contributed by atoms with Crippen molar-refractivity contribution >= 4 is 10.2 Å². The molecule has 0 N–H and O–H groups in total. The second kappa shape index (κ2) is 3.89. The Balaban J connectivity index is 3.39. The minimum absolute atomic E-state index is 0.461. The molecule has 0 radical (unpaired) electrons. The van der Waals surface area contributed by atoms with Crippen molar-refractivity contribution in [3.63, 3.8) is 0 Å². The quantitative estimate of drug-likeness (QED) is 0.734. The Labute approximate surface area is 89.6 Å². The molecule has 0 saturated carbocycles. The van der Waals surface area contributed by atoms with Crippen LogP contribution in [-0.4, -0.2) is 13.4 Å². The third-order valence-electron chi connectivity index (χ3n) is 2.41.